The van der Waals surface area contributed by atoms with Crippen LogP contribution in [0.4, 0.5) is 13.2 Å². The van der Waals surface area contributed by atoms with Gasteiger partial charge in [0.1, 0.15) is 0 Å². The van der Waals surface area contributed by atoms with Gasteiger partial charge in [0.25, 0.3) is 0 Å². The molecule has 0 bridgehead atoms. The van der Waals surface area contributed by atoms with Gasteiger partial charge in [-0.15, -0.1) is 12.3 Å². The smallest absolute Gasteiger partial charge is 0.271 e. The van der Waals surface area contributed by atoms with Gasteiger partial charge in [0.2, 0.25) is 0 Å². The Kier molecular flexibility index (Phi) is 5.97. The second-order valence-corrected chi connectivity index (χ2v) is 4.97. The highest BCUT2D eigenvalue weighted by Crippen LogP contribution is 2.43. The Labute approximate surface area is 106 Å². The van der Waals surface area contributed by atoms with Crippen LogP contribution in [0, 0.1) is 24.2 Å². The lowest BCUT2D eigenvalue weighted by Gasteiger charge is -2.37. The molecule has 3 unspecified atom stereocenters. The summed E-state index contributed by atoms with van der Waals surface area (Å²) < 4.78 is 38.9. The minimum absolute atomic E-state index is 0.224. The van der Waals surface area contributed by atoms with Crippen molar-refractivity contribution >= 4 is 0 Å². The van der Waals surface area contributed by atoms with E-state index >= 15 is 0 Å². The third-order valence-electron chi connectivity index (χ3n) is 3.81. The van der Waals surface area contributed by atoms with Gasteiger partial charge >= 0.3 is 6.18 Å². The van der Waals surface area contributed by atoms with E-state index in [1.807, 2.05) is 0 Å². The van der Waals surface area contributed by atoms with E-state index in [1.54, 1.807) is 0 Å². The number of terminal acetylenes is 1. The van der Waals surface area contributed by atoms with Crippen LogP contribution in [-0.4, -0.2) is 12.2 Å². The van der Waals surface area contributed by atoms with Crippen LogP contribution in [0.2, 0.25) is 0 Å². The van der Waals surface area contributed by atoms with Crippen molar-refractivity contribution in [1.29, 1.82) is 0 Å². The Morgan fingerprint density at radius 1 is 1.33 bits per heavy atom. The average molecular weight is 262 g/mol. The second-order valence-electron chi connectivity index (χ2n) is 4.97. The average Bonchev–Trinajstić information content (AvgIpc) is 2.34. The molecule has 1 rings (SSSR count). The van der Waals surface area contributed by atoms with Crippen molar-refractivity contribution in [2.24, 2.45) is 17.7 Å². The van der Waals surface area contributed by atoms with Gasteiger partial charge in [-0.25, -0.2) is 0 Å². The van der Waals surface area contributed by atoms with E-state index in [0.29, 0.717) is 32.1 Å². The van der Waals surface area contributed by atoms with E-state index in [4.69, 9.17) is 12.3 Å². The molecular formula is C13H21F3N2. The van der Waals surface area contributed by atoms with Gasteiger partial charge in [-0.05, 0) is 31.6 Å². The lowest BCUT2D eigenvalue weighted by molar-refractivity contribution is -0.199. The van der Waals surface area contributed by atoms with Gasteiger partial charge in [-0.1, -0.05) is 12.8 Å². The van der Waals surface area contributed by atoms with Crippen molar-refractivity contribution in [3.8, 4) is 12.3 Å². The summed E-state index contributed by atoms with van der Waals surface area (Å²) in [6, 6.07) is -0.287. The Morgan fingerprint density at radius 3 is 2.56 bits per heavy atom. The summed E-state index contributed by atoms with van der Waals surface area (Å²) in [7, 11) is 0. The van der Waals surface area contributed by atoms with E-state index in [2.05, 4.69) is 11.3 Å². The topological polar surface area (TPSA) is 38.0 Å². The summed E-state index contributed by atoms with van der Waals surface area (Å²) in [4.78, 5) is 0. The molecule has 1 saturated carbocycles. The minimum atomic E-state index is -4.12. The predicted molar refractivity (Wildman–Crippen MR) is 65.3 cm³/mol. The van der Waals surface area contributed by atoms with Crippen LogP contribution in [0.1, 0.15) is 44.9 Å². The van der Waals surface area contributed by atoms with Crippen LogP contribution >= 0.6 is 0 Å². The quantitative estimate of drug-likeness (QED) is 0.346. The number of unbranched alkanes of at least 4 members (excludes halogenated alkanes) is 1. The molecule has 2 nitrogen and oxygen atoms in total. The van der Waals surface area contributed by atoms with Crippen LogP contribution in [0.5, 0.6) is 0 Å². The zero-order valence-corrected chi connectivity index (χ0v) is 10.5. The molecule has 0 saturated heterocycles. The molecule has 0 spiro atoms. The number of nitrogens with one attached hydrogen (secondary N) is 1. The third-order valence-corrected chi connectivity index (χ3v) is 3.81. The maximum absolute atomic E-state index is 13.0. The fourth-order valence-electron chi connectivity index (χ4n) is 2.89. The van der Waals surface area contributed by atoms with Gasteiger partial charge in [0.05, 0.1) is 5.92 Å². The molecular weight excluding hydrogens is 241 g/mol. The molecule has 5 heteroatoms. The number of hydrogen-bond acceptors (Lipinski definition) is 2. The summed E-state index contributed by atoms with van der Waals surface area (Å²) in [5, 5.41) is 0. The first-order valence-electron chi connectivity index (χ1n) is 6.47. The molecule has 1 fully saturated rings. The van der Waals surface area contributed by atoms with E-state index in [0.717, 1.165) is 6.42 Å². The number of nitrogens with two attached hydrogens (primary N) is 1. The van der Waals surface area contributed by atoms with Crippen LogP contribution in [-0.2, 0) is 0 Å². The lowest BCUT2D eigenvalue weighted by atomic mass is 9.74. The number of hydrazine groups is 1. The van der Waals surface area contributed by atoms with Crippen molar-refractivity contribution in [1.82, 2.24) is 5.43 Å². The highest BCUT2D eigenvalue weighted by Gasteiger charge is 2.47. The largest absolute Gasteiger partial charge is 0.392 e. The van der Waals surface area contributed by atoms with E-state index in [9.17, 15) is 13.2 Å². The molecule has 0 aliphatic heterocycles. The molecule has 3 N–H and O–H groups in total. The third kappa shape index (κ3) is 4.18. The van der Waals surface area contributed by atoms with Crippen molar-refractivity contribution < 1.29 is 13.2 Å². The summed E-state index contributed by atoms with van der Waals surface area (Å²) in [6.45, 7) is 0. The normalized spacial score (nSPS) is 26.6. The molecule has 0 aromatic rings. The van der Waals surface area contributed by atoms with E-state index < -0.39 is 18.0 Å². The van der Waals surface area contributed by atoms with Crippen molar-refractivity contribution in [2.45, 2.75) is 57.2 Å². The fraction of sp³-hybridized carbons (Fsp3) is 0.846. The van der Waals surface area contributed by atoms with Gasteiger partial charge in [0.15, 0.2) is 0 Å². The van der Waals surface area contributed by atoms with Crippen LogP contribution in [0.25, 0.3) is 0 Å². The van der Waals surface area contributed by atoms with Crippen LogP contribution in [0.3, 0.4) is 0 Å². The van der Waals surface area contributed by atoms with E-state index in [-0.39, 0.29) is 12.5 Å². The Bertz CT molecular complexity index is 283. The van der Waals surface area contributed by atoms with E-state index in [1.165, 1.54) is 0 Å². The Balaban J connectivity index is 2.65. The van der Waals surface area contributed by atoms with Crippen LogP contribution < -0.4 is 11.3 Å². The summed E-state index contributed by atoms with van der Waals surface area (Å²) >= 11 is 0. The summed E-state index contributed by atoms with van der Waals surface area (Å²) in [5.74, 6) is 6.28. The van der Waals surface area contributed by atoms with Gasteiger partial charge < -0.3 is 0 Å². The molecule has 1 aliphatic carbocycles. The monoisotopic (exact) mass is 262 g/mol. The molecule has 0 aromatic carbocycles. The highest BCUT2D eigenvalue weighted by molar-refractivity contribution is 4.89. The maximum Gasteiger partial charge on any atom is 0.392 e. The molecule has 0 heterocycles. The zero-order valence-electron chi connectivity index (χ0n) is 10.5. The van der Waals surface area contributed by atoms with Gasteiger partial charge in [-0.2, -0.15) is 13.2 Å². The second kappa shape index (κ2) is 7.01. The molecule has 18 heavy (non-hydrogen) atoms. The minimum Gasteiger partial charge on any atom is -0.271 e. The highest BCUT2D eigenvalue weighted by atomic mass is 19.4. The number of alkyl halides is 3. The fourth-order valence-corrected chi connectivity index (χ4v) is 2.89. The number of rotatable bonds is 5. The van der Waals surface area contributed by atoms with Crippen molar-refractivity contribution in [2.75, 3.05) is 0 Å². The molecule has 3 atom stereocenters. The summed E-state index contributed by atoms with van der Waals surface area (Å²) in [5.41, 5.74) is 2.56. The summed E-state index contributed by atoms with van der Waals surface area (Å²) in [6.07, 6.45) is 5.26. The standard InChI is InChI=1S/C13H21F3N2/c1-2-3-4-9-12(18-17)10-7-5-6-8-11(10)13(14,15)16/h1,10-12,18H,3-9,17H2. The SMILES string of the molecule is C#CCCCC(NN)C1CCCCC1C(F)(F)F. The van der Waals surface area contributed by atoms with Crippen molar-refractivity contribution in [3.05, 3.63) is 0 Å². The molecule has 0 amide bonds. The first-order valence-corrected chi connectivity index (χ1v) is 6.47. The predicted octanol–water partition coefficient (Wildman–Crippen LogP) is 2.99. The first-order chi connectivity index (χ1) is 8.50. The number of halogens is 3. The zero-order chi connectivity index (χ0) is 13.6. The van der Waals surface area contributed by atoms with Crippen LogP contribution in [0.15, 0.2) is 0 Å². The molecule has 104 valence electrons. The van der Waals surface area contributed by atoms with Gasteiger partial charge in [0, 0.05) is 12.5 Å². The first kappa shape index (κ1) is 15.3. The molecule has 0 radical (unpaired) electrons. The molecule has 0 aromatic heterocycles. The van der Waals surface area contributed by atoms with Gasteiger partial charge in [-0.3, -0.25) is 11.3 Å². The Hall–Kier alpha value is -0.730. The molecule has 1 aliphatic rings. The maximum atomic E-state index is 13.0. The number of hydrogen-bond donors (Lipinski definition) is 2. The van der Waals surface area contributed by atoms with Crippen molar-refractivity contribution in [3.63, 3.8) is 0 Å². The Morgan fingerprint density at radius 2 is 2.00 bits per heavy atom. The lowest BCUT2D eigenvalue weighted by Crippen LogP contribution is -2.48.